The van der Waals surface area contributed by atoms with Gasteiger partial charge < -0.3 is 34.6 Å². The fraction of sp³-hybridized carbons (Fsp3) is 0.533. The number of aryl methyl sites for hydroxylation is 1. The molecule has 2 N–H and O–H groups in total. The highest BCUT2D eigenvalue weighted by Crippen LogP contribution is 2.52. The Hall–Kier alpha value is -4.88. The molecule has 58 heavy (non-hydrogen) atoms. The molecule has 1 spiro atoms. The largest absolute Gasteiger partial charge is 0.382 e. The molecule has 4 aromatic rings. The van der Waals surface area contributed by atoms with E-state index in [4.69, 9.17) is 14.7 Å². The van der Waals surface area contributed by atoms with Crippen LogP contribution in [0.15, 0.2) is 42.7 Å². The lowest BCUT2D eigenvalue weighted by Gasteiger charge is -2.48. The molecule has 0 unspecified atom stereocenters. The molecule has 3 aliphatic heterocycles. The van der Waals surface area contributed by atoms with Crippen molar-refractivity contribution >= 4 is 45.9 Å². The van der Waals surface area contributed by atoms with Gasteiger partial charge in [-0.2, -0.15) is 0 Å². The Morgan fingerprint density at radius 3 is 2.40 bits per heavy atom. The fourth-order valence-corrected chi connectivity index (χ4v) is 10.0. The first kappa shape index (κ1) is 38.6. The minimum Gasteiger partial charge on any atom is -0.382 e. The number of imidazole rings is 1. The van der Waals surface area contributed by atoms with Crippen molar-refractivity contribution in [1.29, 1.82) is 0 Å². The van der Waals surface area contributed by atoms with Crippen LogP contribution in [0, 0.1) is 12.7 Å². The number of methoxy groups -OCH3 is 1. The standard InChI is InChI=1S/C45H55FN8O4/c1-27(2)53-26-47-38-24-36(48-41(40(38)53)49-37-23-33(28(3)19-35(37)46)42(56)50-44(11-12-44)25-58-5)30-9-10-34-39(20-30)54(32-21-31(22-32)52-15-7-6-8-16-52)43(57)45(34)13-17-51(18-14-45)29(4)55/h9-10,19-20,23-24,26-27,31-32H,6-8,11-18,21-22,25H2,1-5H3,(H,48,49)(H,50,56). The molecule has 2 aromatic carbocycles. The monoisotopic (exact) mass is 790 g/mol. The predicted octanol–water partition coefficient (Wildman–Crippen LogP) is 7.02. The van der Waals surface area contributed by atoms with Crippen molar-refractivity contribution < 1.29 is 23.5 Å². The van der Waals surface area contributed by atoms with Crippen molar-refractivity contribution in [2.75, 3.05) is 50.1 Å². The number of anilines is 3. The summed E-state index contributed by atoms with van der Waals surface area (Å²) in [4.78, 5) is 57.2. The number of nitrogens with one attached hydrogen (secondary N) is 2. The summed E-state index contributed by atoms with van der Waals surface area (Å²) in [6.07, 6.45) is 10.3. The van der Waals surface area contributed by atoms with E-state index in [1.54, 1.807) is 33.4 Å². The van der Waals surface area contributed by atoms with E-state index in [-0.39, 0.29) is 41.0 Å². The maximum absolute atomic E-state index is 15.9. The minimum atomic E-state index is -0.675. The third kappa shape index (κ3) is 6.63. The van der Waals surface area contributed by atoms with E-state index in [0.29, 0.717) is 72.3 Å². The normalized spacial score (nSPS) is 22.4. The third-order valence-corrected chi connectivity index (χ3v) is 13.7. The average molecular weight is 791 g/mol. The molecule has 9 rings (SSSR count). The van der Waals surface area contributed by atoms with Gasteiger partial charge in [-0.05, 0) is 121 Å². The number of benzene rings is 2. The molecular weight excluding hydrogens is 736 g/mol. The van der Waals surface area contributed by atoms with Gasteiger partial charge in [0.2, 0.25) is 11.8 Å². The van der Waals surface area contributed by atoms with Crippen LogP contribution in [0.4, 0.5) is 21.6 Å². The Morgan fingerprint density at radius 2 is 1.72 bits per heavy atom. The molecule has 2 saturated carbocycles. The molecule has 0 atom stereocenters. The van der Waals surface area contributed by atoms with Crippen molar-refractivity contribution in [3.8, 4) is 11.3 Å². The quantitative estimate of drug-likeness (QED) is 0.176. The lowest BCUT2D eigenvalue weighted by molar-refractivity contribution is -0.134. The number of piperidine rings is 2. The van der Waals surface area contributed by atoms with Crippen molar-refractivity contribution in [3.05, 3.63) is 65.2 Å². The van der Waals surface area contributed by atoms with E-state index in [0.717, 1.165) is 55.6 Å². The number of aromatic nitrogens is 3. The van der Waals surface area contributed by atoms with Crippen molar-refractivity contribution in [3.63, 3.8) is 0 Å². The summed E-state index contributed by atoms with van der Waals surface area (Å²) in [7, 11) is 1.62. The first-order valence-electron chi connectivity index (χ1n) is 21.1. The summed E-state index contributed by atoms with van der Waals surface area (Å²) in [5, 5.41) is 6.40. The van der Waals surface area contributed by atoms with Gasteiger partial charge in [-0.1, -0.05) is 18.6 Å². The number of amides is 3. The molecule has 12 nitrogen and oxygen atoms in total. The first-order chi connectivity index (χ1) is 27.9. The number of nitrogens with zero attached hydrogens (tertiary/aromatic N) is 6. The molecule has 2 aliphatic carbocycles. The van der Waals surface area contributed by atoms with Crippen LogP contribution in [0.25, 0.3) is 22.3 Å². The smallest absolute Gasteiger partial charge is 0.252 e. The van der Waals surface area contributed by atoms with Crippen LogP contribution in [0.1, 0.15) is 106 Å². The molecule has 3 amide bonds. The van der Waals surface area contributed by atoms with Crippen LogP contribution in [-0.4, -0.2) is 99.6 Å². The number of fused-ring (bicyclic) bond motifs is 3. The van der Waals surface area contributed by atoms with Crippen molar-refractivity contribution in [1.82, 2.24) is 29.7 Å². The zero-order chi connectivity index (χ0) is 40.5. The number of hydrogen-bond acceptors (Lipinski definition) is 8. The number of ether oxygens (including phenoxy) is 1. The van der Waals surface area contributed by atoms with Gasteiger partial charge >= 0.3 is 0 Å². The number of carbonyl (C=O) groups is 3. The summed E-state index contributed by atoms with van der Waals surface area (Å²) in [6.45, 7) is 11.2. The van der Waals surface area contributed by atoms with Crippen molar-refractivity contribution in [2.24, 2.45) is 0 Å². The molecule has 0 bridgehead atoms. The van der Waals surface area contributed by atoms with Gasteiger partial charge in [-0.15, -0.1) is 0 Å². The first-order valence-corrected chi connectivity index (χ1v) is 21.1. The summed E-state index contributed by atoms with van der Waals surface area (Å²) in [6, 6.07) is 11.8. The van der Waals surface area contributed by atoms with Gasteiger partial charge in [-0.3, -0.25) is 14.4 Å². The molecular formula is C45H55FN8O4. The van der Waals surface area contributed by atoms with E-state index < -0.39 is 11.2 Å². The number of likely N-dealkylation sites (tertiary alicyclic amines) is 2. The van der Waals surface area contributed by atoms with Gasteiger partial charge in [0.15, 0.2) is 5.82 Å². The predicted molar refractivity (Wildman–Crippen MR) is 222 cm³/mol. The fourth-order valence-electron chi connectivity index (χ4n) is 10.0. The van der Waals surface area contributed by atoms with Crippen LogP contribution in [0.5, 0.6) is 0 Å². The highest BCUT2D eigenvalue weighted by atomic mass is 19.1. The maximum Gasteiger partial charge on any atom is 0.252 e. The summed E-state index contributed by atoms with van der Waals surface area (Å²) in [5.41, 5.74) is 4.79. The third-order valence-electron chi connectivity index (χ3n) is 13.7. The van der Waals surface area contributed by atoms with Gasteiger partial charge in [0.05, 0.1) is 40.8 Å². The van der Waals surface area contributed by atoms with Crippen molar-refractivity contribution in [2.45, 2.75) is 115 Å². The Bertz CT molecular complexity index is 2280. The Balaban J connectivity index is 1.09. The number of rotatable bonds is 10. The Kier molecular flexibility index (Phi) is 9.82. The molecule has 5 aliphatic rings. The molecule has 5 heterocycles. The van der Waals surface area contributed by atoms with E-state index in [1.807, 2.05) is 21.6 Å². The molecule has 4 fully saturated rings. The second-order valence-corrected chi connectivity index (χ2v) is 17.8. The Morgan fingerprint density at radius 1 is 0.983 bits per heavy atom. The Labute approximate surface area is 339 Å². The zero-order valence-corrected chi connectivity index (χ0v) is 34.4. The highest BCUT2D eigenvalue weighted by Gasteiger charge is 2.55. The second-order valence-electron chi connectivity index (χ2n) is 17.8. The van der Waals surface area contributed by atoms with Gasteiger partial charge in [-0.25, -0.2) is 14.4 Å². The zero-order valence-electron chi connectivity index (χ0n) is 34.4. The topological polar surface area (TPSA) is 125 Å². The maximum atomic E-state index is 15.9. The molecule has 2 saturated heterocycles. The summed E-state index contributed by atoms with van der Waals surface area (Å²) in [5.74, 6) is -0.170. The molecule has 306 valence electrons. The van der Waals surface area contributed by atoms with Gasteiger partial charge in [0.1, 0.15) is 11.3 Å². The van der Waals surface area contributed by atoms with E-state index in [2.05, 4.69) is 46.4 Å². The van der Waals surface area contributed by atoms with Crippen LogP contribution in [0.2, 0.25) is 0 Å². The van der Waals surface area contributed by atoms with E-state index >= 15 is 4.39 Å². The number of carbonyl (C=O) groups excluding carboxylic acids is 3. The minimum absolute atomic E-state index is 0.0410. The lowest BCUT2D eigenvalue weighted by Crippen LogP contribution is -2.58. The SMILES string of the molecule is COCC1(NC(=O)c2cc(Nc3nc(-c4ccc5c(c4)N(C4CC(N6CCCCC6)C4)C(=O)C54CCN(C(C)=O)CC4)cc4ncn(C(C)C)c34)c(F)cc2C)CC1. The van der Waals surface area contributed by atoms with Crippen LogP contribution in [-0.2, 0) is 19.7 Å². The van der Waals surface area contributed by atoms with E-state index in [9.17, 15) is 14.4 Å². The number of halogens is 1. The van der Waals surface area contributed by atoms with E-state index in [1.165, 1.54) is 25.3 Å². The second kappa shape index (κ2) is 14.7. The lowest BCUT2D eigenvalue weighted by atomic mass is 9.73. The highest BCUT2D eigenvalue weighted by molar-refractivity contribution is 6.09. The summed E-state index contributed by atoms with van der Waals surface area (Å²) < 4.78 is 23.2. The number of pyridine rings is 1. The average Bonchev–Trinajstić information content (AvgIpc) is 3.72. The van der Waals surface area contributed by atoms with Crippen LogP contribution in [0.3, 0.4) is 0 Å². The summed E-state index contributed by atoms with van der Waals surface area (Å²) >= 11 is 0. The van der Waals surface area contributed by atoms with Gasteiger partial charge in [0, 0.05) is 62.1 Å². The van der Waals surface area contributed by atoms with Crippen LogP contribution < -0.4 is 15.5 Å². The van der Waals surface area contributed by atoms with Crippen LogP contribution >= 0.6 is 0 Å². The van der Waals surface area contributed by atoms with Gasteiger partial charge in [0.25, 0.3) is 5.91 Å². The molecule has 2 aromatic heterocycles. The number of hydrogen-bond donors (Lipinski definition) is 2. The molecule has 0 radical (unpaired) electrons. The molecule has 13 heteroatoms.